The van der Waals surface area contributed by atoms with E-state index < -0.39 is 18.0 Å². The third-order valence-electron chi connectivity index (χ3n) is 1.20. The smallest absolute Gasteiger partial charge is 0.475 e. The monoisotopic (exact) mass is 268 g/mol. The molecule has 6 nitrogen and oxygen atoms in total. The first-order valence-electron chi connectivity index (χ1n) is 4.14. The van der Waals surface area contributed by atoms with Crippen LogP contribution in [0.3, 0.4) is 0 Å². The Morgan fingerprint density at radius 1 is 1.33 bits per heavy atom. The molecule has 18 heavy (non-hydrogen) atoms. The molecule has 1 rings (SSSR count). The molecule has 5 N–H and O–H groups in total. The summed E-state index contributed by atoms with van der Waals surface area (Å²) in [6, 6.07) is 2.61. The van der Waals surface area contributed by atoms with Crippen molar-refractivity contribution in [3.63, 3.8) is 0 Å². The van der Waals surface area contributed by atoms with Gasteiger partial charge in [-0.1, -0.05) is 0 Å². The van der Waals surface area contributed by atoms with Gasteiger partial charge in [-0.05, 0) is 12.1 Å². The maximum Gasteiger partial charge on any atom is 0.490 e. The minimum Gasteiger partial charge on any atom is -0.475 e. The Labute approximate surface area is 97.9 Å². The third-order valence-corrected chi connectivity index (χ3v) is 1.20. The number of hydrogen-bond acceptors (Lipinski definition) is 3. The number of carbonyl (C=O) groups is 1. The lowest BCUT2D eigenvalue weighted by Crippen LogP contribution is -2.22. The number of carboxylic acid groups (broad SMARTS) is 1. The minimum absolute atomic E-state index is 0.0934. The van der Waals surface area contributed by atoms with Crippen LogP contribution in [0.4, 0.5) is 23.4 Å². The molecular weight excluding hydrogens is 260 g/mol. The van der Waals surface area contributed by atoms with Crippen molar-refractivity contribution in [3.8, 4) is 0 Å². The molecule has 0 aliphatic heterocycles. The standard InChI is InChI=1S/C6H7FN4.C2HF3O2/c7-4-1-2-5(10-3-4)11-6(8)9;3-2(4,5)1(6)7/h1-3H,(H4,8,9,10,11);(H,6,7). The number of halogens is 4. The van der Waals surface area contributed by atoms with E-state index in [-0.39, 0.29) is 5.96 Å². The summed E-state index contributed by atoms with van der Waals surface area (Å²) in [4.78, 5) is 16.1. The largest absolute Gasteiger partial charge is 0.490 e. The van der Waals surface area contributed by atoms with Crippen LogP contribution in [0.15, 0.2) is 23.3 Å². The molecule has 0 unspecified atom stereocenters. The predicted molar refractivity (Wildman–Crippen MR) is 53.4 cm³/mol. The van der Waals surface area contributed by atoms with Gasteiger partial charge in [0, 0.05) is 0 Å². The molecule has 1 aromatic rings. The molecule has 0 saturated heterocycles. The first-order chi connectivity index (χ1) is 8.12. The second-order valence-corrected chi connectivity index (χ2v) is 2.67. The van der Waals surface area contributed by atoms with E-state index in [0.29, 0.717) is 5.82 Å². The second kappa shape index (κ2) is 6.37. The number of rotatable bonds is 1. The van der Waals surface area contributed by atoms with Crippen LogP contribution in [0.25, 0.3) is 0 Å². The Morgan fingerprint density at radius 3 is 2.11 bits per heavy atom. The molecule has 1 heterocycles. The maximum absolute atomic E-state index is 12.3. The highest BCUT2D eigenvalue weighted by atomic mass is 19.4. The van der Waals surface area contributed by atoms with Crippen LogP contribution in [-0.2, 0) is 4.79 Å². The first kappa shape index (κ1) is 15.6. The van der Waals surface area contributed by atoms with Crippen LogP contribution in [0, 0.1) is 5.82 Å². The highest BCUT2D eigenvalue weighted by Crippen LogP contribution is 2.13. The fourth-order valence-corrected chi connectivity index (χ4v) is 0.566. The minimum atomic E-state index is -5.08. The topological polar surface area (TPSA) is 115 Å². The number of pyridine rings is 1. The highest BCUT2D eigenvalue weighted by Gasteiger charge is 2.38. The maximum atomic E-state index is 12.3. The normalized spacial score (nSPS) is 10.0. The van der Waals surface area contributed by atoms with Crippen LogP contribution in [-0.4, -0.2) is 28.2 Å². The van der Waals surface area contributed by atoms with Crippen molar-refractivity contribution in [2.75, 3.05) is 0 Å². The van der Waals surface area contributed by atoms with Gasteiger partial charge < -0.3 is 16.6 Å². The third kappa shape index (κ3) is 6.98. The first-order valence-corrected chi connectivity index (χ1v) is 4.14. The fraction of sp³-hybridized carbons (Fsp3) is 0.125. The Bertz CT molecular complexity index is 426. The van der Waals surface area contributed by atoms with Gasteiger partial charge in [-0.15, -0.1) is 0 Å². The van der Waals surface area contributed by atoms with Gasteiger partial charge >= 0.3 is 12.1 Å². The Balaban J connectivity index is 0.000000360. The van der Waals surface area contributed by atoms with Crippen LogP contribution in [0.2, 0.25) is 0 Å². The zero-order chi connectivity index (χ0) is 14.3. The van der Waals surface area contributed by atoms with E-state index >= 15 is 0 Å². The van der Waals surface area contributed by atoms with Crippen molar-refractivity contribution in [1.29, 1.82) is 0 Å². The number of alkyl halides is 3. The number of hydrogen-bond donors (Lipinski definition) is 3. The summed E-state index contributed by atoms with van der Waals surface area (Å²) in [5.41, 5.74) is 10.1. The molecule has 0 saturated carbocycles. The van der Waals surface area contributed by atoms with E-state index in [1.165, 1.54) is 12.1 Å². The highest BCUT2D eigenvalue weighted by molar-refractivity contribution is 5.78. The van der Waals surface area contributed by atoms with Crippen molar-refractivity contribution in [1.82, 2.24) is 4.98 Å². The molecule has 0 aromatic carbocycles. The number of guanidine groups is 1. The number of carboxylic acids is 1. The molecule has 0 fully saturated rings. The lowest BCUT2D eigenvalue weighted by atomic mass is 10.4. The van der Waals surface area contributed by atoms with Gasteiger partial charge in [-0.2, -0.15) is 18.2 Å². The summed E-state index contributed by atoms with van der Waals surface area (Å²) < 4.78 is 44.0. The van der Waals surface area contributed by atoms with E-state index in [0.717, 1.165) is 6.20 Å². The van der Waals surface area contributed by atoms with Gasteiger partial charge in [0.1, 0.15) is 5.82 Å². The lowest BCUT2D eigenvalue weighted by Gasteiger charge is -1.93. The molecule has 0 radical (unpaired) electrons. The molecule has 0 aliphatic rings. The van der Waals surface area contributed by atoms with Crippen molar-refractivity contribution >= 4 is 17.7 Å². The van der Waals surface area contributed by atoms with E-state index in [1.54, 1.807) is 0 Å². The Morgan fingerprint density at radius 2 is 1.83 bits per heavy atom. The zero-order valence-electron chi connectivity index (χ0n) is 8.65. The molecule has 100 valence electrons. The quantitative estimate of drug-likeness (QED) is 0.395. The fourth-order valence-electron chi connectivity index (χ4n) is 0.566. The van der Waals surface area contributed by atoms with Gasteiger partial charge in [0.2, 0.25) is 0 Å². The summed E-state index contributed by atoms with van der Waals surface area (Å²) in [5, 5.41) is 7.12. The summed E-state index contributed by atoms with van der Waals surface area (Å²) in [5.74, 6) is -2.97. The van der Waals surface area contributed by atoms with E-state index in [2.05, 4.69) is 9.98 Å². The molecule has 0 spiro atoms. The number of aliphatic imine (C=N–C) groups is 1. The van der Waals surface area contributed by atoms with Crippen LogP contribution in [0.5, 0.6) is 0 Å². The molecule has 0 aliphatic carbocycles. The molecule has 0 bridgehead atoms. The molecule has 1 aromatic heterocycles. The molecule has 0 atom stereocenters. The summed E-state index contributed by atoms with van der Waals surface area (Å²) in [6.07, 6.45) is -4.04. The van der Waals surface area contributed by atoms with Crippen LogP contribution < -0.4 is 11.5 Å². The van der Waals surface area contributed by atoms with Crippen LogP contribution in [0.1, 0.15) is 0 Å². The van der Waals surface area contributed by atoms with Crippen LogP contribution >= 0.6 is 0 Å². The van der Waals surface area contributed by atoms with Crippen molar-refractivity contribution < 1.29 is 27.5 Å². The van der Waals surface area contributed by atoms with Crippen molar-refractivity contribution in [3.05, 3.63) is 24.1 Å². The molecular formula is C8H8F4N4O2. The second-order valence-electron chi connectivity index (χ2n) is 2.67. The van der Waals surface area contributed by atoms with E-state index in [4.69, 9.17) is 21.4 Å². The summed E-state index contributed by atoms with van der Waals surface area (Å²) in [6.45, 7) is 0. The zero-order valence-corrected chi connectivity index (χ0v) is 8.65. The number of nitrogens with two attached hydrogens (primary N) is 2. The SMILES string of the molecule is NC(N)=Nc1ccc(F)cn1.O=C(O)C(F)(F)F. The predicted octanol–water partition coefficient (Wildman–Crippen LogP) is 0.759. The van der Waals surface area contributed by atoms with Gasteiger partial charge in [0.25, 0.3) is 0 Å². The Kier molecular flexibility index (Phi) is 5.53. The number of nitrogens with zero attached hydrogens (tertiary/aromatic N) is 2. The van der Waals surface area contributed by atoms with E-state index in [1.807, 2.05) is 0 Å². The van der Waals surface area contributed by atoms with Crippen molar-refractivity contribution in [2.24, 2.45) is 16.5 Å². The number of aliphatic carboxylic acids is 1. The molecule has 0 amide bonds. The van der Waals surface area contributed by atoms with Gasteiger partial charge in [0.05, 0.1) is 6.20 Å². The Hall–Kier alpha value is -2.39. The van der Waals surface area contributed by atoms with Gasteiger partial charge in [-0.25, -0.2) is 14.2 Å². The van der Waals surface area contributed by atoms with E-state index in [9.17, 15) is 17.6 Å². The summed E-state index contributed by atoms with van der Waals surface area (Å²) in [7, 11) is 0. The lowest BCUT2D eigenvalue weighted by molar-refractivity contribution is -0.192. The van der Waals surface area contributed by atoms with Crippen molar-refractivity contribution in [2.45, 2.75) is 6.18 Å². The van der Waals surface area contributed by atoms with Gasteiger partial charge in [-0.3, -0.25) is 0 Å². The summed E-state index contributed by atoms with van der Waals surface area (Å²) >= 11 is 0. The molecule has 10 heteroatoms. The van der Waals surface area contributed by atoms with Gasteiger partial charge in [0.15, 0.2) is 11.8 Å². The average Bonchev–Trinajstić information content (AvgIpc) is 2.20. The average molecular weight is 268 g/mol. The number of aromatic nitrogens is 1.